The highest BCUT2D eigenvalue weighted by Gasteiger charge is 2.80. The molecule has 0 aromatic heterocycles. The van der Waals surface area contributed by atoms with Crippen molar-refractivity contribution in [2.75, 3.05) is 0 Å². The summed E-state index contributed by atoms with van der Waals surface area (Å²) in [5.74, 6) is 10.1. The molecule has 0 spiro atoms. The van der Waals surface area contributed by atoms with Crippen molar-refractivity contribution in [2.45, 2.75) is 79.6 Å². The average Bonchev–Trinajstić information content (AvgIpc) is 3.30. The second-order valence-corrected chi connectivity index (χ2v) is 11.9. The van der Waals surface area contributed by atoms with Gasteiger partial charge in [0.1, 0.15) is 0 Å². The van der Waals surface area contributed by atoms with E-state index in [2.05, 4.69) is 34.6 Å². The Bertz CT molecular complexity index is 593. The van der Waals surface area contributed by atoms with Gasteiger partial charge in [-0.15, -0.1) is 0 Å². The van der Waals surface area contributed by atoms with Gasteiger partial charge in [0.25, 0.3) is 0 Å². The molecule has 6 saturated carbocycles. The highest BCUT2D eigenvalue weighted by molar-refractivity contribution is 5.28. The maximum Gasteiger partial charge on any atom is -0.0238 e. The maximum absolute atomic E-state index is 2.80. The molecular weight excluding hydrogens is 288 g/mol. The summed E-state index contributed by atoms with van der Waals surface area (Å²) in [6.07, 6.45) is 10.9. The fourth-order valence-corrected chi connectivity index (χ4v) is 11.4. The summed E-state index contributed by atoms with van der Waals surface area (Å²) in [6, 6.07) is 0. The number of hydrogen-bond donors (Lipinski definition) is 0. The van der Waals surface area contributed by atoms with E-state index in [0.717, 1.165) is 52.8 Å². The minimum Gasteiger partial charge on any atom is -0.0648 e. The lowest BCUT2D eigenvalue weighted by molar-refractivity contribution is -0.220. The van der Waals surface area contributed by atoms with Gasteiger partial charge in [0, 0.05) is 0 Å². The summed E-state index contributed by atoms with van der Waals surface area (Å²) in [5.41, 5.74) is 2.00. The van der Waals surface area contributed by atoms with E-state index in [9.17, 15) is 0 Å². The highest BCUT2D eigenvalue weighted by Crippen LogP contribution is 2.86. The Morgan fingerprint density at radius 3 is 2.12 bits per heavy atom. The molecule has 0 aliphatic heterocycles. The van der Waals surface area contributed by atoms with Crippen LogP contribution in [0.25, 0.3) is 0 Å². The molecule has 6 bridgehead atoms. The predicted octanol–water partition coefficient (Wildman–Crippen LogP) is 6.40. The van der Waals surface area contributed by atoms with Gasteiger partial charge in [0.15, 0.2) is 0 Å². The van der Waals surface area contributed by atoms with Gasteiger partial charge in [-0.05, 0) is 114 Å². The van der Waals surface area contributed by atoms with Crippen LogP contribution in [0.1, 0.15) is 79.6 Å². The van der Waals surface area contributed by atoms with E-state index < -0.39 is 0 Å². The normalized spacial score (nSPS) is 71.1. The van der Waals surface area contributed by atoms with E-state index in [1.54, 1.807) is 32.1 Å². The van der Waals surface area contributed by atoms with Crippen molar-refractivity contribution >= 4 is 0 Å². The van der Waals surface area contributed by atoms with Gasteiger partial charge in [-0.25, -0.2) is 0 Å². The highest BCUT2D eigenvalue weighted by atomic mass is 14.8. The summed E-state index contributed by atoms with van der Waals surface area (Å²) in [7, 11) is 0. The molecule has 0 N–H and O–H groups in total. The van der Waals surface area contributed by atoms with Crippen LogP contribution in [0.3, 0.4) is 0 Å². The molecule has 12 atom stereocenters. The van der Waals surface area contributed by atoms with Crippen molar-refractivity contribution in [3.05, 3.63) is 0 Å². The predicted molar refractivity (Wildman–Crippen MR) is 99.4 cm³/mol. The summed E-state index contributed by atoms with van der Waals surface area (Å²) in [4.78, 5) is 0. The number of fused-ring (bicyclic) bond motifs is 4. The Morgan fingerprint density at radius 2 is 1.42 bits per heavy atom. The third kappa shape index (κ3) is 1.22. The molecular formula is C24H38. The first kappa shape index (κ1) is 15.1. The van der Waals surface area contributed by atoms with Crippen molar-refractivity contribution in [3.63, 3.8) is 0 Å². The van der Waals surface area contributed by atoms with E-state index in [-0.39, 0.29) is 0 Å². The van der Waals surface area contributed by atoms with Crippen molar-refractivity contribution < 1.29 is 0 Å². The first-order valence-electron chi connectivity index (χ1n) is 11.4. The Balaban J connectivity index is 1.48. The molecule has 6 rings (SSSR count). The molecule has 6 aliphatic carbocycles. The van der Waals surface area contributed by atoms with Crippen molar-refractivity contribution in [2.24, 2.45) is 69.5 Å². The summed E-state index contributed by atoms with van der Waals surface area (Å²) in [5, 5.41) is 0. The van der Waals surface area contributed by atoms with E-state index in [4.69, 9.17) is 0 Å². The molecule has 0 amide bonds. The lowest BCUT2D eigenvalue weighted by Crippen LogP contribution is -2.64. The zero-order valence-electron chi connectivity index (χ0n) is 16.6. The minimum absolute atomic E-state index is 0.631. The van der Waals surface area contributed by atoms with Crippen LogP contribution in [0.15, 0.2) is 0 Å². The first-order chi connectivity index (χ1) is 11.4. The zero-order valence-corrected chi connectivity index (χ0v) is 16.6. The van der Waals surface area contributed by atoms with Crippen molar-refractivity contribution in [1.29, 1.82) is 0 Å². The Labute approximate surface area is 149 Å². The lowest BCUT2D eigenvalue weighted by Gasteiger charge is -2.69. The second kappa shape index (κ2) is 4.12. The van der Waals surface area contributed by atoms with E-state index >= 15 is 0 Å². The Kier molecular flexibility index (Phi) is 2.59. The van der Waals surface area contributed by atoms with Crippen LogP contribution in [0.4, 0.5) is 0 Å². The Hall–Kier alpha value is 0. The minimum atomic E-state index is 0.631. The fraction of sp³-hybridized carbons (Fsp3) is 1.00. The molecule has 6 aliphatic rings. The fourth-order valence-electron chi connectivity index (χ4n) is 11.4. The van der Waals surface area contributed by atoms with Crippen LogP contribution < -0.4 is 0 Å². The summed E-state index contributed by atoms with van der Waals surface area (Å²) in [6.45, 7) is 13.2. The van der Waals surface area contributed by atoms with Crippen LogP contribution in [0.2, 0.25) is 0 Å². The second-order valence-electron chi connectivity index (χ2n) is 11.9. The van der Waals surface area contributed by atoms with Gasteiger partial charge in [-0.1, -0.05) is 34.6 Å². The van der Waals surface area contributed by atoms with Crippen LogP contribution in [0, 0.1) is 69.5 Å². The SMILES string of the molecule is CCC1(C)C2C3CC(C2C1(C)CC)C1(C)CC3C2C3CCC(C3)C21. The monoisotopic (exact) mass is 326 g/mol. The smallest absolute Gasteiger partial charge is 0.0238 e. The summed E-state index contributed by atoms with van der Waals surface area (Å²) < 4.78 is 0. The van der Waals surface area contributed by atoms with Gasteiger partial charge in [0.2, 0.25) is 0 Å². The van der Waals surface area contributed by atoms with Gasteiger partial charge < -0.3 is 0 Å². The maximum atomic E-state index is 2.80. The molecule has 6 fully saturated rings. The molecule has 24 heavy (non-hydrogen) atoms. The average molecular weight is 327 g/mol. The molecule has 0 radical (unpaired) electrons. The lowest BCUT2D eigenvalue weighted by atomic mass is 9.35. The topological polar surface area (TPSA) is 0 Å². The third-order valence-corrected chi connectivity index (χ3v) is 12.4. The van der Waals surface area contributed by atoms with Gasteiger partial charge in [-0.2, -0.15) is 0 Å². The van der Waals surface area contributed by atoms with Crippen LogP contribution >= 0.6 is 0 Å². The van der Waals surface area contributed by atoms with E-state index in [1.807, 2.05) is 0 Å². The summed E-state index contributed by atoms with van der Waals surface area (Å²) >= 11 is 0. The molecule has 0 aromatic carbocycles. The van der Waals surface area contributed by atoms with Gasteiger partial charge in [-0.3, -0.25) is 0 Å². The molecule has 0 heteroatoms. The molecule has 0 saturated heterocycles. The van der Waals surface area contributed by atoms with Crippen molar-refractivity contribution in [1.82, 2.24) is 0 Å². The van der Waals surface area contributed by atoms with Gasteiger partial charge in [0.05, 0.1) is 0 Å². The third-order valence-electron chi connectivity index (χ3n) is 12.4. The largest absolute Gasteiger partial charge is 0.0648 e. The number of rotatable bonds is 2. The molecule has 0 nitrogen and oxygen atoms in total. The molecule has 0 aromatic rings. The van der Waals surface area contributed by atoms with E-state index in [1.165, 1.54) is 18.8 Å². The van der Waals surface area contributed by atoms with Crippen molar-refractivity contribution in [3.8, 4) is 0 Å². The number of hydrogen-bond acceptors (Lipinski definition) is 0. The van der Waals surface area contributed by atoms with Crippen LogP contribution in [0.5, 0.6) is 0 Å². The molecule has 12 unspecified atom stereocenters. The molecule has 134 valence electrons. The first-order valence-corrected chi connectivity index (χ1v) is 11.4. The van der Waals surface area contributed by atoms with Gasteiger partial charge >= 0.3 is 0 Å². The Morgan fingerprint density at radius 1 is 0.750 bits per heavy atom. The van der Waals surface area contributed by atoms with E-state index in [0.29, 0.717) is 10.8 Å². The van der Waals surface area contributed by atoms with Crippen LogP contribution in [-0.4, -0.2) is 0 Å². The van der Waals surface area contributed by atoms with Crippen LogP contribution in [-0.2, 0) is 0 Å². The quantitative estimate of drug-likeness (QED) is 0.550. The molecule has 0 heterocycles. The zero-order chi connectivity index (χ0) is 16.6. The standard InChI is InChI=1S/C24H38/c1-6-23(4)20-15-11-17(21(20)24(23,5)7-2)22(3)12-16(15)18-13-8-9-14(10-13)19(18)22/h13-21H,6-12H2,1-5H3.